The monoisotopic (exact) mass is 233 g/mol. The summed E-state index contributed by atoms with van der Waals surface area (Å²) < 4.78 is 15.1. The van der Waals surface area contributed by atoms with E-state index in [9.17, 15) is 14.3 Å². The van der Waals surface area contributed by atoms with E-state index < -0.39 is 11.9 Å². The highest BCUT2D eigenvalue weighted by Gasteiger charge is 2.27. The van der Waals surface area contributed by atoms with Crippen molar-refractivity contribution in [2.24, 2.45) is 0 Å². The summed E-state index contributed by atoms with van der Waals surface area (Å²) in [5, 5.41) is 10.1. The Labute approximate surface area is 97.5 Å². The molecule has 17 heavy (non-hydrogen) atoms. The molecule has 0 bridgehead atoms. The molecule has 0 saturated heterocycles. The first-order valence-electron chi connectivity index (χ1n) is 5.68. The van der Waals surface area contributed by atoms with Gasteiger partial charge in [0.15, 0.2) is 0 Å². The zero-order chi connectivity index (χ0) is 12.0. The zero-order valence-electron chi connectivity index (χ0n) is 9.19. The number of aliphatic carboxylic acids is 1. The third kappa shape index (κ3) is 1.52. The Bertz CT molecular complexity index is 603. The van der Waals surface area contributed by atoms with E-state index in [1.54, 1.807) is 6.07 Å². The van der Waals surface area contributed by atoms with Crippen LogP contribution in [0.15, 0.2) is 24.3 Å². The zero-order valence-corrected chi connectivity index (χ0v) is 9.19. The second kappa shape index (κ2) is 3.58. The van der Waals surface area contributed by atoms with Crippen LogP contribution in [0.1, 0.15) is 24.5 Å². The SMILES string of the molecule is O=C(O)C1CCCn2c1cc1ccc(F)cc12. The summed E-state index contributed by atoms with van der Waals surface area (Å²) in [4.78, 5) is 11.2. The Morgan fingerprint density at radius 3 is 3.00 bits per heavy atom. The van der Waals surface area contributed by atoms with Crippen molar-refractivity contribution in [1.82, 2.24) is 4.57 Å². The largest absolute Gasteiger partial charge is 0.481 e. The minimum atomic E-state index is -0.797. The number of benzene rings is 1. The summed E-state index contributed by atoms with van der Waals surface area (Å²) >= 11 is 0. The summed E-state index contributed by atoms with van der Waals surface area (Å²) in [6, 6.07) is 6.45. The number of rotatable bonds is 1. The molecule has 4 heteroatoms. The van der Waals surface area contributed by atoms with E-state index in [4.69, 9.17) is 0 Å². The molecule has 1 aromatic carbocycles. The van der Waals surface area contributed by atoms with Crippen LogP contribution in [0.5, 0.6) is 0 Å². The third-order valence-electron chi connectivity index (χ3n) is 3.43. The van der Waals surface area contributed by atoms with Gasteiger partial charge in [-0.1, -0.05) is 0 Å². The molecule has 0 amide bonds. The molecule has 1 aliphatic rings. The number of carboxylic acid groups (broad SMARTS) is 1. The Balaban J connectivity index is 2.25. The fourth-order valence-corrected chi connectivity index (χ4v) is 2.64. The molecular formula is C13H12FNO2. The maximum absolute atomic E-state index is 13.2. The summed E-state index contributed by atoms with van der Waals surface area (Å²) in [5.74, 6) is -1.54. The van der Waals surface area contributed by atoms with Gasteiger partial charge in [0.05, 0.1) is 11.4 Å². The normalized spacial score (nSPS) is 19.2. The molecule has 1 unspecified atom stereocenters. The van der Waals surface area contributed by atoms with Crippen molar-refractivity contribution >= 4 is 16.9 Å². The first-order valence-corrected chi connectivity index (χ1v) is 5.68. The second-order valence-corrected chi connectivity index (χ2v) is 4.46. The Morgan fingerprint density at radius 2 is 2.24 bits per heavy atom. The highest BCUT2D eigenvalue weighted by Crippen LogP contribution is 2.33. The van der Waals surface area contributed by atoms with Gasteiger partial charge >= 0.3 is 5.97 Å². The highest BCUT2D eigenvalue weighted by atomic mass is 19.1. The topological polar surface area (TPSA) is 42.2 Å². The van der Waals surface area contributed by atoms with E-state index >= 15 is 0 Å². The van der Waals surface area contributed by atoms with Crippen LogP contribution < -0.4 is 0 Å². The van der Waals surface area contributed by atoms with Crippen LogP contribution in [-0.4, -0.2) is 15.6 Å². The molecule has 3 nitrogen and oxygen atoms in total. The van der Waals surface area contributed by atoms with Crippen molar-refractivity contribution in [2.75, 3.05) is 0 Å². The number of aromatic nitrogens is 1. The summed E-state index contributed by atoms with van der Waals surface area (Å²) in [6.07, 6.45) is 1.48. The minimum absolute atomic E-state index is 0.282. The van der Waals surface area contributed by atoms with Gasteiger partial charge in [-0.05, 0) is 37.1 Å². The number of carbonyl (C=O) groups is 1. The molecule has 0 aliphatic carbocycles. The van der Waals surface area contributed by atoms with E-state index in [-0.39, 0.29) is 5.82 Å². The van der Waals surface area contributed by atoms with Gasteiger partial charge in [-0.15, -0.1) is 0 Å². The first-order chi connectivity index (χ1) is 8.16. The lowest BCUT2D eigenvalue weighted by atomic mass is 9.96. The minimum Gasteiger partial charge on any atom is -0.481 e. The molecule has 0 saturated carbocycles. The van der Waals surface area contributed by atoms with E-state index in [2.05, 4.69) is 0 Å². The van der Waals surface area contributed by atoms with Gasteiger partial charge in [0.1, 0.15) is 5.82 Å². The maximum Gasteiger partial charge on any atom is 0.312 e. The molecule has 2 heterocycles. The third-order valence-corrected chi connectivity index (χ3v) is 3.43. The highest BCUT2D eigenvalue weighted by molar-refractivity contribution is 5.85. The van der Waals surface area contributed by atoms with Gasteiger partial charge in [-0.2, -0.15) is 0 Å². The molecule has 1 aliphatic heterocycles. The van der Waals surface area contributed by atoms with Crippen LogP contribution in [0.2, 0.25) is 0 Å². The second-order valence-electron chi connectivity index (χ2n) is 4.46. The lowest BCUT2D eigenvalue weighted by molar-refractivity contribution is -0.139. The van der Waals surface area contributed by atoms with Gasteiger partial charge in [0.25, 0.3) is 0 Å². The Morgan fingerprint density at radius 1 is 1.41 bits per heavy atom. The number of carboxylic acids is 1. The average molecular weight is 233 g/mol. The van der Waals surface area contributed by atoms with E-state index in [0.717, 1.165) is 29.6 Å². The summed E-state index contributed by atoms with van der Waals surface area (Å²) in [7, 11) is 0. The first kappa shape index (κ1) is 10.3. The quantitative estimate of drug-likeness (QED) is 0.822. The summed E-state index contributed by atoms with van der Waals surface area (Å²) in [5.41, 5.74) is 1.59. The molecule has 0 fully saturated rings. The van der Waals surface area contributed by atoms with Gasteiger partial charge in [-0.3, -0.25) is 4.79 Å². The van der Waals surface area contributed by atoms with Gasteiger partial charge in [0.2, 0.25) is 0 Å². The number of aryl methyl sites for hydroxylation is 1. The van der Waals surface area contributed by atoms with Crippen LogP contribution in [0.3, 0.4) is 0 Å². The fourth-order valence-electron chi connectivity index (χ4n) is 2.64. The maximum atomic E-state index is 13.2. The summed E-state index contributed by atoms with van der Waals surface area (Å²) in [6.45, 7) is 0.770. The number of hydrogen-bond acceptors (Lipinski definition) is 1. The van der Waals surface area contributed by atoms with Crippen molar-refractivity contribution in [3.63, 3.8) is 0 Å². The van der Waals surface area contributed by atoms with Crippen LogP contribution in [-0.2, 0) is 11.3 Å². The van der Waals surface area contributed by atoms with Crippen molar-refractivity contribution in [3.05, 3.63) is 35.8 Å². The Hall–Kier alpha value is -1.84. The molecule has 1 N–H and O–H groups in total. The Kier molecular flexibility index (Phi) is 2.18. The van der Waals surface area contributed by atoms with E-state index in [1.807, 2.05) is 10.6 Å². The van der Waals surface area contributed by atoms with Crippen LogP contribution in [0.4, 0.5) is 4.39 Å². The fraction of sp³-hybridized carbons (Fsp3) is 0.308. The van der Waals surface area contributed by atoms with Gasteiger partial charge in [-0.25, -0.2) is 4.39 Å². The molecule has 0 radical (unpaired) electrons. The predicted molar refractivity (Wildman–Crippen MR) is 61.5 cm³/mol. The number of halogens is 1. The standard InChI is InChI=1S/C13H12FNO2/c14-9-4-3-8-6-12-10(13(16)17)2-1-5-15(12)11(8)7-9/h3-4,6-7,10H,1-2,5H2,(H,16,17). The van der Waals surface area contributed by atoms with E-state index in [1.165, 1.54) is 12.1 Å². The van der Waals surface area contributed by atoms with Crippen LogP contribution >= 0.6 is 0 Å². The van der Waals surface area contributed by atoms with Crippen molar-refractivity contribution in [1.29, 1.82) is 0 Å². The molecule has 1 atom stereocenters. The lowest BCUT2D eigenvalue weighted by Crippen LogP contribution is -2.21. The van der Waals surface area contributed by atoms with Crippen molar-refractivity contribution in [2.45, 2.75) is 25.3 Å². The molecule has 0 spiro atoms. The molecular weight excluding hydrogens is 221 g/mol. The smallest absolute Gasteiger partial charge is 0.312 e. The van der Waals surface area contributed by atoms with E-state index in [0.29, 0.717) is 6.42 Å². The van der Waals surface area contributed by atoms with Crippen LogP contribution in [0.25, 0.3) is 10.9 Å². The van der Waals surface area contributed by atoms with Gasteiger partial charge < -0.3 is 9.67 Å². The number of hydrogen-bond donors (Lipinski definition) is 1. The average Bonchev–Trinajstić information content (AvgIpc) is 2.66. The van der Waals surface area contributed by atoms with Gasteiger partial charge in [0, 0.05) is 17.6 Å². The number of fused-ring (bicyclic) bond motifs is 3. The molecule has 1 aromatic heterocycles. The number of nitrogens with zero attached hydrogens (tertiary/aromatic N) is 1. The van der Waals surface area contributed by atoms with Crippen LogP contribution in [0, 0.1) is 5.82 Å². The van der Waals surface area contributed by atoms with Crippen molar-refractivity contribution < 1.29 is 14.3 Å². The molecule has 3 rings (SSSR count). The van der Waals surface area contributed by atoms with Crippen molar-refractivity contribution in [3.8, 4) is 0 Å². The molecule has 88 valence electrons. The predicted octanol–water partition coefficient (Wildman–Crippen LogP) is 2.74. The molecule has 2 aromatic rings. The lowest BCUT2D eigenvalue weighted by Gasteiger charge is -2.22.